The molecule has 114 valence electrons. The number of carbonyl (C=O) groups is 3. The molecule has 0 saturated heterocycles. The summed E-state index contributed by atoms with van der Waals surface area (Å²) in [6, 6.07) is 10.0. The van der Waals surface area contributed by atoms with Crippen molar-refractivity contribution in [2.75, 3.05) is 0 Å². The number of carboxylic acid groups (broad SMARTS) is 1. The zero-order chi connectivity index (χ0) is 16.2. The number of hydrogen-bond donors (Lipinski definition) is 2. The van der Waals surface area contributed by atoms with Gasteiger partial charge in [0.2, 0.25) is 0 Å². The average Bonchev–Trinajstić information content (AvgIpc) is 2.42. The maximum absolute atomic E-state index is 12.0. The van der Waals surface area contributed by atoms with Crippen molar-refractivity contribution in [1.82, 2.24) is 0 Å². The lowest BCUT2D eigenvalue weighted by molar-refractivity contribution is -0.115. The average molecular weight is 299 g/mol. The Morgan fingerprint density at radius 3 is 2.18 bits per heavy atom. The molecule has 2 aliphatic carbocycles. The first kappa shape index (κ1) is 15.7. The number of amides is 1. The monoisotopic (exact) mass is 299 g/mol. The molecule has 2 aliphatic rings. The Kier molecular flexibility index (Phi) is 4.56. The molecule has 1 fully saturated rings. The fraction of sp³-hybridized carbons (Fsp3) is 0.235. The van der Waals surface area contributed by atoms with Gasteiger partial charge in [-0.15, -0.1) is 0 Å². The van der Waals surface area contributed by atoms with Gasteiger partial charge in [0.05, 0.1) is 0 Å². The van der Waals surface area contributed by atoms with E-state index in [4.69, 9.17) is 9.90 Å². The maximum atomic E-state index is 12.0. The van der Waals surface area contributed by atoms with Crippen LogP contribution in [0.15, 0.2) is 54.1 Å². The van der Waals surface area contributed by atoms with Gasteiger partial charge in [0.15, 0.2) is 11.6 Å². The van der Waals surface area contributed by atoms with Crippen molar-refractivity contribution in [3.63, 3.8) is 0 Å². The molecule has 0 spiro atoms. The Balaban J connectivity index is 0.000000396. The van der Waals surface area contributed by atoms with Crippen LogP contribution in [0.5, 0.6) is 0 Å². The Morgan fingerprint density at radius 2 is 1.68 bits per heavy atom. The molecule has 1 aromatic carbocycles. The second kappa shape index (κ2) is 6.39. The van der Waals surface area contributed by atoms with Gasteiger partial charge < -0.3 is 10.8 Å². The van der Waals surface area contributed by atoms with E-state index in [1.807, 2.05) is 18.2 Å². The lowest BCUT2D eigenvalue weighted by Gasteiger charge is -2.44. The van der Waals surface area contributed by atoms with E-state index < -0.39 is 6.09 Å². The van der Waals surface area contributed by atoms with E-state index in [0.717, 1.165) is 24.8 Å². The van der Waals surface area contributed by atoms with E-state index in [9.17, 15) is 9.59 Å². The zero-order valence-corrected chi connectivity index (χ0v) is 12.0. The molecule has 0 unspecified atom stereocenters. The third-order valence-corrected chi connectivity index (χ3v) is 4.00. The number of carbonyl (C=O) groups excluding carboxylic acids is 2. The van der Waals surface area contributed by atoms with Crippen molar-refractivity contribution in [3.05, 3.63) is 59.7 Å². The summed E-state index contributed by atoms with van der Waals surface area (Å²) in [7, 11) is 0. The van der Waals surface area contributed by atoms with Crippen LogP contribution in [0.1, 0.15) is 24.8 Å². The van der Waals surface area contributed by atoms with Crippen LogP contribution in [0.3, 0.4) is 0 Å². The smallest absolute Gasteiger partial charge is 0.402 e. The predicted molar refractivity (Wildman–Crippen MR) is 81.4 cm³/mol. The molecule has 5 nitrogen and oxygen atoms in total. The molecule has 0 atom stereocenters. The second-order valence-corrected chi connectivity index (χ2v) is 5.30. The van der Waals surface area contributed by atoms with Crippen molar-refractivity contribution in [1.29, 1.82) is 0 Å². The van der Waals surface area contributed by atoms with Gasteiger partial charge in [-0.25, -0.2) is 4.79 Å². The molecular weight excluding hydrogens is 282 g/mol. The standard InChI is InChI=1S/C16H14O2.CH3NO2/c17-13-7-8-15(18)14(11-13)16(9-4-10-16)12-5-2-1-3-6-12;2-1(3)4/h1-3,5-8,11H,4,9-10H2;2H2,(H,3,4). The minimum Gasteiger partial charge on any atom is -0.465 e. The minimum atomic E-state index is -1.33. The van der Waals surface area contributed by atoms with Gasteiger partial charge in [0, 0.05) is 11.0 Å². The van der Waals surface area contributed by atoms with E-state index in [2.05, 4.69) is 17.9 Å². The highest BCUT2D eigenvalue weighted by molar-refractivity contribution is 6.18. The van der Waals surface area contributed by atoms with Crippen molar-refractivity contribution in [2.24, 2.45) is 5.73 Å². The number of allylic oxidation sites excluding steroid dienone is 4. The second-order valence-electron chi connectivity index (χ2n) is 5.30. The molecule has 22 heavy (non-hydrogen) atoms. The van der Waals surface area contributed by atoms with Crippen molar-refractivity contribution >= 4 is 17.7 Å². The maximum Gasteiger partial charge on any atom is 0.402 e. The number of ketones is 2. The Morgan fingerprint density at radius 1 is 1.09 bits per heavy atom. The van der Waals surface area contributed by atoms with E-state index >= 15 is 0 Å². The molecule has 5 heteroatoms. The van der Waals surface area contributed by atoms with E-state index in [-0.39, 0.29) is 17.0 Å². The van der Waals surface area contributed by atoms with Crippen LogP contribution in [0.25, 0.3) is 0 Å². The Labute approximate surface area is 128 Å². The molecule has 0 heterocycles. The van der Waals surface area contributed by atoms with Gasteiger partial charge in [-0.2, -0.15) is 0 Å². The zero-order valence-electron chi connectivity index (χ0n) is 12.0. The normalized spacial score (nSPS) is 18.6. The summed E-state index contributed by atoms with van der Waals surface area (Å²) in [5.74, 6) is -0.0926. The summed E-state index contributed by atoms with van der Waals surface area (Å²) in [6.07, 6.45) is 5.96. The molecule has 0 bridgehead atoms. The highest BCUT2D eigenvalue weighted by atomic mass is 16.4. The largest absolute Gasteiger partial charge is 0.465 e. The van der Waals surface area contributed by atoms with E-state index in [1.165, 1.54) is 18.2 Å². The summed E-state index contributed by atoms with van der Waals surface area (Å²) in [6.45, 7) is 0. The van der Waals surface area contributed by atoms with E-state index in [1.54, 1.807) is 0 Å². The van der Waals surface area contributed by atoms with Gasteiger partial charge in [0.1, 0.15) is 0 Å². The highest BCUT2D eigenvalue weighted by Crippen LogP contribution is 2.49. The number of hydrogen-bond acceptors (Lipinski definition) is 3. The van der Waals surface area contributed by atoms with Crippen LogP contribution in [0, 0.1) is 0 Å². The van der Waals surface area contributed by atoms with Gasteiger partial charge in [0.25, 0.3) is 0 Å². The topological polar surface area (TPSA) is 97.5 Å². The predicted octanol–water partition coefficient (Wildman–Crippen LogP) is 2.37. The molecule has 0 aliphatic heterocycles. The molecule has 1 amide bonds. The molecular formula is C17H17NO4. The summed E-state index contributed by atoms with van der Waals surface area (Å²) < 4.78 is 0. The quantitative estimate of drug-likeness (QED) is 0.819. The first-order valence-corrected chi connectivity index (χ1v) is 6.98. The van der Waals surface area contributed by atoms with Gasteiger partial charge in [-0.05, 0) is 36.6 Å². The lowest BCUT2D eigenvalue weighted by atomic mass is 9.58. The summed E-state index contributed by atoms with van der Waals surface area (Å²) in [5, 5.41) is 7.19. The van der Waals surface area contributed by atoms with Gasteiger partial charge in [-0.1, -0.05) is 36.8 Å². The first-order chi connectivity index (χ1) is 10.5. The van der Waals surface area contributed by atoms with Crippen LogP contribution >= 0.6 is 0 Å². The molecule has 3 rings (SSSR count). The summed E-state index contributed by atoms with van der Waals surface area (Å²) >= 11 is 0. The molecule has 0 radical (unpaired) electrons. The summed E-state index contributed by atoms with van der Waals surface area (Å²) in [4.78, 5) is 32.3. The lowest BCUT2D eigenvalue weighted by Crippen LogP contribution is -2.40. The van der Waals surface area contributed by atoms with Gasteiger partial charge >= 0.3 is 6.09 Å². The van der Waals surface area contributed by atoms with Crippen LogP contribution < -0.4 is 5.73 Å². The van der Waals surface area contributed by atoms with Crippen LogP contribution in [-0.4, -0.2) is 22.8 Å². The number of nitrogens with two attached hydrogens (primary N) is 1. The molecule has 1 aromatic rings. The fourth-order valence-electron chi connectivity index (χ4n) is 2.88. The van der Waals surface area contributed by atoms with Crippen LogP contribution in [0.2, 0.25) is 0 Å². The summed E-state index contributed by atoms with van der Waals surface area (Å²) in [5.41, 5.74) is 5.63. The first-order valence-electron chi connectivity index (χ1n) is 6.98. The number of benzene rings is 1. The van der Waals surface area contributed by atoms with Gasteiger partial charge in [-0.3, -0.25) is 9.59 Å². The number of primary amides is 1. The minimum absolute atomic E-state index is 0.0156. The number of rotatable bonds is 2. The molecule has 1 saturated carbocycles. The Hall–Kier alpha value is -2.69. The van der Waals surface area contributed by atoms with Crippen molar-refractivity contribution in [2.45, 2.75) is 24.7 Å². The van der Waals surface area contributed by atoms with E-state index in [0.29, 0.717) is 5.57 Å². The third-order valence-electron chi connectivity index (χ3n) is 4.00. The SMILES string of the molecule is NC(=O)O.O=C1C=CC(=O)C(C2(c3ccccc3)CCC2)=C1. The van der Waals surface area contributed by atoms with Crippen LogP contribution in [0.4, 0.5) is 4.79 Å². The molecule has 3 N–H and O–H groups in total. The van der Waals surface area contributed by atoms with Crippen molar-refractivity contribution in [3.8, 4) is 0 Å². The van der Waals surface area contributed by atoms with Crippen LogP contribution in [-0.2, 0) is 15.0 Å². The fourth-order valence-corrected chi connectivity index (χ4v) is 2.88. The van der Waals surface area contributed by atoms with Crippen molar-refractivity contribution < 1.29 is 19.5 Å². The third kappa shape index (κ3) is 3.14. The highest BCUT2D eigenvalue weighted by Gasteiger charge is 2.44. The molecule has 0 aromatic heterocycles. The Bertz CT molecular complexity index is 650.